The number of rotatable bonds is 4. The molecule has 0 aliphatic carbocycles. The van der Waals surface area contributed by atoms with Crippen molar-refractivity contribution in [3.05, 3.63) is 62.7 Å². The lowest BCUT2D eigenvalue weighted by Gasteiger charge is -2.08. The van der Waals surface area contributed by atoms with E-state index in [9.17, 15) is 4.79 Å². The van der Waals surface area contributed by atoms with Gasteiger partial charge in [-0.3, -0.25) is 14.5 Å². The molecule has 8 heteroatoms. The van der Waals surface area contributed by atoms with E-state index in [2.05, 4.69) is 19.6 Å². The molecule has 2 aromatic heterocycles. The third-order valence-electron chi connectivity index (χ3n) is 2.80. The zero-order valence-corrected chi connectivity index (χ0v) is 12.6. The highest BCUT2D eigenvalue weighted by molar-refractivity contribution is 6.35. The van der Waals surface area contributed by atoms with E-state index >= 15 is 0 Å². The van der Waals surface area contributed by atoms with Crippen LogP contribution < -0.4 is 10.5 Å². The van der Waals surface area contributed by atoms with Crippen molar-refractivity contribution >= 4 is 23.2 Å². The lowest BCUT2D eigenvalue weighted by Crippen LogP contribution is -1.98. The molecule has 0 fully saturated rings. The van der Waals surface area contributed by atoms with Crippen LogP contribution in [0.4, 0.5) is 0 Å². The van der Waals surface area contributed by atoms with Crippen LogP contribution >= 0.6 is 23.2 Å². The standard InChI is InChI=1S/C14H9Cl2N3O3/c15-9-2-4-12(10(16)5-9)21-7-8-1-3-11(17-6-8)13-18-14(20)22-19-13/h1-6H,7H2,(H,18,19,20). The smallest absolute Gasteiger partial charge is 0.439 e. The topological polar surface area (TPSA) is 81.0 Å². The summed E-state index contributed by atoms with van der Waals surface area (Å²) < 4.78 is 10.0. The summed E-state index contributed by atoms with van der Waals surface area (Å²) in [5.41, 5.74) is 1.33. The Hall–Kier alpha value is -2.31. The van der Waals surface area contributed by atoms with Gasteiger partial charge in [-0.15, -0.1) is 0 Å². The highest BCUT2D eigenvalue weighted by atomic mass is 35.5. The maximum Gasteiger partial charge on any atom is 0.439 e. The fraction of sp³-hybridized carbons (Fsp3) is 0.0714. The Bertz CT molecular complexity index is 843. The first kappa shape index (κ1) is 14.6. The van der Waals surface area contributed by atoms with E-state index in [0.29, 0.717) is 28.1 Å². The highest BCUT2D eigenvalue weighted by Gasteiger charge is 2.07. The van der Waals surface area contributed by atoms with Crippen LogP contribution in [0.2, 0.25) is 10.0 Å². The summed E-state index contributed by atoms with van der Waals surface area (Å²) in [6, 6.07) is 8.52. The van der Waals surface area contributed by atoms with Gasteiger partial charge in [0.15, 0.2) is 0 Å². The summed E-state index contributed by atoms with van der Waals surface area (Å²) in [5.74, 6) is 0.191. The molecule has 0 aliphatic rings. The van der Waals surface area contributed by atoms with E-state index in [1.807, 2.05) is 0 Å². The number of aromatic amines is 1. The maximum atomic E-state index is 10.9. The van der Waals surface area contributed by atoms with Crippen LogP contribution in [0.5, 0.6) is 5.75 Å². The number of nitrogens with one attached hydrogen (secondary N) is 1. The second-order valence-electron chi connectivity index (χ2n) is 4.36. The van der Waals surface area contributed by atoms with Crippen molar-refractivity contribution in [1.82, 2.24) is 15.1 Å². The van der Waals surface area contributed by atoms with Gasteiger partial charge < -0.3 is 4.74 Å². The number of hydrogen-bond acceptors (Lipinski definition) is 5. The molecule has 0 spiro atoms. The monoisotopic (exact) mass is 337 g/mol. The normalized spacial score (nSPS) is 10.6. The van der Waals surface area contributed by atoms with Gasteiger partial charge in [0, 0.05) is 16.8 Å². The van der Waals surface area contributed by atoms with E-state index in [4.69, 9.17) is 27.9 Å². The van der Waals surface area contributed by atoms with E-state index in [-0.39, 0.29) is 5.82 Å². The molecule has 0 atom stereocenters. The molecule has 0 bridgehead atoms. The highest BCUT2D eigenvalue weighted by Crippen LogP contribution is 2.28. The molecule has 0 radical (unpaired) electrons. The number of aromatic nitrogens is 3. The number of nitrogens with zero attached hydrogens (tertiary/aromatic N) is 2. The number of H-pyrrole nitrogens is 1. The van der Waals surface area contributed by atoms with Gasteiger partial charge in [0.25, 0.3) is 0 Å². The fourth-order valence-electron chi connectivity index (χ4n) is 1.74. The Morgan fingerprint density at radius 1 is 1.23 bits per heavy atom. The zero-order valence-electron chi connectivity index (χ0n) is 11.0. The fourth-order valence-corrected chi connectivity index (χ4v) is 2.21. The second-order valence-corrected chi connectivity index (χ2v) is 5.20. The van der Waals surface area contributed by atoms with Gasteiger partial charge in [-0.25, -0.2) is 4.79 Å². The van der Waals surface area contributed by atoms with Crippen molar-refractivity contribution in [3.8, 4) is 17.3 Å². The molecular formula is C14H9Cl2N3O3. The van der Waals surface area contributed by atoms with Gasteiger partial charge >= 0.3 is 5.76 Å². The largest absolute Gasteiger partial charge is 0.487 e. The van der Waals surface area contributed by atoms with Crippen LogP contribution in [-0.4, -0.2) is 15.1 Å². The predicted octanol–water partition coefficient (Wildman–Crippen LogP) is 3.31. The van der Waals surface area contributed by atoms with E-state index in [1.165, 1.54) is 0 Å². The number of pyridine rings is 1. The minimum atomic E-state index is -0.624. The Balaban J connectivity index is 1.70. The molecule has 2 heterocycles. The molecule has 0 aliphatic heterocycles. The van der Waals surface area contributed by atoms with Gasteiger partial charge in [0.2, 0.25) is 5.82 Å². The Morgan fingerprint density at radius 2 is 2.09 bits per heavy atom. The first-order valence-corrected chi connectivity index (χ1v) is 6.96. The molecular weight excluding hydrogens is 329 g/mol. The number of hydrogen-bond donors (Lipinski definition) is 1. The quantitative estimate of drug-likeness (QED) is 0.789. The molecule has 112 valence electrons. The summed E-state index contributed by atoms with van der Waals surface area (Å²) >= 11 is 11.8. The summed E-state index contributed by atoms with van der Waals surface area (Å²) in [4.78, 5) is 17.5. The molecule has 1 N–H and O–H groups in total. The molecule has 22 heavy (non-hydrogen) atoms. The van der Waals surface area contributed by atoms with Crippen molar-refractivity contribution in [2.24, 2.45) is 0 Å². The van der Waals surface area contributed by atoms with Gasteiger partial charge in [0.1, 0.15) is 18.1 Å². The van der Waals surface area contributed by atoms with Gasteiger partial charge in [-0.05, 0) is 24.3 Å². The third kappa shape index (κ3) is 3.29. The lowest BCUT2D eigenvalue weighted by atomic mass is 10.2. The van der Waals surface area contributed by atoms with Crippen LogP contribution in [0.1, 0.15) is 5.56 Å². The molecule has 0 amide bonds. The zero-order chi connectivity index (χ0) is 15.5. The minimum Gasteiger partial charge on any atom is -0.487 e. The molecule has 0 saturated carbocycles. The van der Waals surface area contributed by atoms with Crippen LogP contribution in [0.25, 0.3) is 11.5 Å². The number of ether oxygens (including phenoxy) is 1. The first-order chi connectivity index (χ1) is 10.6. The van der Waals surface area contributed by atoms with Crippen LogP contribution in [0, 0.1) is 0 Å². The molecule has 0 unspecified atom stereocenters. The predicted molar refractivity (Wildman–Crippen MR) is 81.1 cm³/mol. The second kappa shape index (κ2) is 6.21. The van der Waals surface area contributed by atoms with Gasteiger partial charge in [-0.1, -0.05) is 34.4 Å². The SMILES string of the molecule is O=c1[nH]c(-c2ccc(COc3ccc(Cl)cc3Cl)cn2)no1. The van der Waals surface area contributed by atoms with E-state index < -0.39 is 5.76 Å². The van der Waals surface area contributed by atoms with Crippen molar-refractivity contribution in [1.29, 1.82) is 0 Å². The summed E-state index contributed by atoms with van der Waals surface area (Å²) in [7, 11) is 0. The van der Waals surface area contributed by atoms with Gasteiger partial charge in [0.05, 0.1) is 5.02 Å². The molecule has 0 saturated heterocycles. The van der Waals surface area contributed by atoms with Crippen LogP contribution in [-0.2, 0) is 6.61 Å². The van der Waals surface area contributed by atoms with Crippen molar-refractivity contribution in [3.63, 3.8) is 0 Å². The van der Waals surface area contributed by atoms with Crippen molar-refractivity contribution in [2.45, 2.75) is 6.61 Å². The number of benzene rings is 1. The average molecular weight is 338 g/mol. The minimum absolute atomic E-state index is 0.276. The van der Waals surface area contributed by atoms with Crippen LogP contribution in [0.3, 0.4) is 0 Å². The van der Waals surface area contributed by atoms with Gasteiger partial charge in [-0.2, -0.15) is 0 Å². The molecule has 1 aromatic carbocycles. The summed E-state index contributed by atoms with van der Waals surface area (Å²) in [6.07, 6.45) is 1.62. The summed E-state index contributed by atoms with van der Waals surface area (Å²) in [6.45, 7) is 0.296. The summed E-state index contributed by atoms with van der Waals surface area (Å²) in [5, 5.41) is 4.55. The van der Waals surface area contributed by atoms with Crippen molar-refractivity contribution in [2.75, 3.05) is 0 Å². The molecule has 3 rings (SSSR count). The molecule has 3 aromatic rings. The molecule has 6 nitrogen and oxygen atoms in total. The number of halogens is 2. The third-order valence-corrected chi connectivity index (χ3v) is 3.33. The van der Waals surface area contributed by atoms with E-state index in [0.717, 1.165) is 5.56 Å². The maximum absolute atomic E-state index is 10.9. The lowest BCUT2D eigenvalue weighted by molar-refractivity contribution is 0.306. The van der Waals surface area contributed by atoms with Crippen molar-refractivity contribution < 1.29 is 9.26 Å². The Kier molecular flexibility index (Phi) is 4.13. The first-order valence-electron chi connectivity index (χ1n) is 6.21. The Labute approximate surface area is 134 Å². The Morgan fingerprint density at radius 3 is 2.73 bits per heavy atom. The van der Waals surface area contributed by atoms with Crippen LogP contribution in [0.15, 0.2) is 45.8 Å². The van der Waals surface area contributed by atoms with E-state index in [1.54, 1.807) is 36.5 Å². The average Bonchev–Trinajstić information content (AvgIpc) is 2.93.